The molecular formula is C26H25N3O5S. The Kier molecular flexibility index (Phi) is 8.24. The van der Waals surface area contributed by atoms with Crippen molar-refractivity contribution >= 4 is 23.2 Å². The summed E-state index contributed by atoms with van der Waals surface area (Å²) >= 11 is 1.39. The summed E-state index contributed by atoms with van der Waals surface area (Å²) in [6.07, 6.45) is 0.600. The molecule has 0 spiro atoms. The summed E-state index contributed by atoms with van der Waals surface area (Å²) in [6.45, 7) is 0.0585. The monoisotopic (exact) mass is 491 g/mol. The number of carbonyl (C=O) groups is 2. The highest BCUT2D eigenvalue weighted by Gasteiger charge is 2.16. The first-order chi connectivity index (χ1) is 17.1. The third-order valence-corrected chi connectivity index (χ3v) is 6.25. The summed E-state index contributed by atoms with van der Waals surface area (Å²) in [7, 11) is 0. The minimum Gasteiger partial charge on any atom is -0.456 e. The molecular weight excluding hydrogens is 466 g/mol. The summed E-state index contributed by atoms with van der Waals surface area (Å²) in [5.74, 6) is -1.27. The largest absolute Gasteiger partial charge is 0.456 e. The maximum Gasteiger partial charge on any atom is 0.437 e. The Morgan fingerprint density at radius 3 is 2.31 bits per heavy atom. The van der Waals surface area contributed by atoms with Crippen molar-refractivity contribution in [1.82, 2.24) is 15.1 Å². The number of nitrogens with one attached hydrogen (secondary N) is 1. The molecule has 1 N–H and O–H groups in total. The van der Waals surface area contributed by atoms with Gasteiger partial charge in [0.05, 0.1) is 17.8 Å². The van der Waals surface area contributed by atoms with Gasteiger partial charge in [-0.1, -0.05) is 66.7 Å². The highest BCUT2D eigenvalue weighted by Crippen LogP contribution is 2.27. The lowest BCUT2D eigenvalue weighted by Gasteiger charge is -2.18. The van der Waals surface area contributed by atoms with E-state index in [1.807, 2.05) is 47.8 Å². The molecule has 1 amide bonds. The topological polar surface area (TPSA) is 103 Å². The summed E-state index contributed by atoms with van der Waals surface area (Å²) in [6, 6.07) is 23.9. The lowest BCUT2D eigenvalue weighted by Crippen LogP contribution is -2.30. The quantitative estimate of drug-likeness (QED) is 0.320. The van der Waals surface area contributed by atoms with E-state index in [2.05, 4.69) is 34.7 Å². The van der Waals surface area contributed by atoms with Gasteiger partial charge in [-0.15, -0.1) is 16.4 Å². The fraction of sp³-hybridized carbons (Fsp3) is 0.231. The molecule has 0 saturated heterocycles. The van der Waals surface area contributed by atoms with Gasteiger partial charge in [0, 0.05) is 12.5 Å². The van der Waals surface area contributed by atoms with Crippen molar-refractivity contribution in [2.45, 2.75) is 25.3 Å². The maximum absolute atomic E-state index is 12.2. The van der Waals surface area contributed by atoms with Crippen molar-refractivity contribution in [3.8, 4) is 10.8 Å². The second-order valence-corrected chi connectivity index (χ2v) is 8.74. The number of aryl methyl sites for hydroxylation is 1. The van der Waals surface area contributed by atoms with Crippen LogP contribution in [0.2, 0.25) is 0 Å². The molecule has 0 aliphatic heterocycles. The molecule has 0 bridgehead atoms. The van der Waals surface area contributed by atoms with Crippen LogP contribution in [-0.2, 0) is 20.9 Å². The van der Waals surface area contributed by atoms with Gasteiger partial charge in [-0.3, -0.25) is 9.59 Å². The smallest absolute Gasteiger partial charge is 0.437 e. The average molecular weight is 492 g/mol. The second-order valence-electron chi connectivity index (χ2n) is 7.80. The summed E-state index contributed by atoms with van der Waals surface area (Å²) < 4.78 is 11.2. The Balaban J connectivity index is 1.21. The fourth-order valence-corrected chi connectivity index (χ4v) is 4.31. The van der Waals surface area contributed by atoms with Crippen molar-refractivity contribution in [2.75, 3.05) is 13.2 Å². The van der Waals surface area contributed by atoms with Gasteiger partial charge in [0.15, 0.2) is 6.61 Å². The highest BCUT2D eigenvalue weighted by molar-refractivity contribution is 7.13. The van der Waals surface area contributed by atoms with Crippen LogP contribution in [0.4, 0.5) is 0 Å². The van der Waals surface area contributed by atoms with Gasteiger partial charge >= 0.3 is 11.7 Å². The standard InChI is InChI=1S/C26H25N3O5S/c30-23(27-15-13-21(19-8-3-1-4-9-19)20-10-5-2-6-11-20)18-33-24(31)14-16-29-26(32)34-25(28-29)22-12-7-17-35-22/h1-12,17,21H,13-16,18H2,(H,27,30). The van der Waals surface area contributed by atoms with Gasteiger partial charge in [0.1, 0.15) is 0 Å². The van der Waals surface area contributed by atoms with Crippen LogP contribution in [0.5, 0.6) is 0 Å². The van der Waals surface area contributed by atoms with E-state index in [1.54, 1.807) is 6.07 Å². The van der Waals surface area contributed by atoms with Crippen molar-refractivity contribution in [3.63, 3.8) is 0 Å². The summed E-state index contributed by atoms with van der Waals surface area (Å²) in [5, 5.41) is 8.75. The number of hydrogen-bond donors (Lipinski definition) is 1. The molecule has 8 nitrogen and oxygen atoms in total. The predicted octanol–water partition coefficient (Wildman–Crippen LogP) is 3.84. The molecule has 0 fully saturated rings. The van der Waals surface area contributed by atoms with Crippen molar-refractivity contribution < 1.29 is 18.7 Å². The van der Waals surface area contributed by atoms with E-state index in [1.165, 1.54) is 22.5 Å². The number of thiophene rings is 1. The molecule has 2 aromatic carbocycles. The molecule has 4 aromatic rings. The second kappa shape index (κ2) is 11.9. The molecule has 0 unspecified atom stereocenters. The number of hydrogen-bond acceptors (Lipinski definition) is 7. The molecule has 0 atom stereocenters. The molecule has 180 valence electrons. The number of benzene rings is 2. The van der Waals surface area contributed by atoms with Gasteiger partial charge in [0.25, 0.3) is 11.8 Å². The van der Waals surface area contributed by atoms with Crippen LogP contribution in [0.15, 0.2) is 87.4 Å². The lowest BCUT2D eigenvalue weighted by atomic mass is 9.88. The molecule has 0 radical (unpaired) electrons. The Morgan fingerprint density at radius 2 is 1.69 bits per heavy atom. The Morgan fingerprint density at radius 1 is 1.00 bits per heavy atom. The average Bonchev–Trinajstić information content (AvgIpc) is 3.55. The third kappa shape index (κ3) is 6.77. The van der Waals surface area contributed by atoms with E-state index in [4.69, 9.17) is 9.15 Å². The minimum atomic E-state index is -0.648. The van der Waals surface area contributed by atoms with E-state index >= 15 is 0 Å². The Bertz CT molecular complexity index is 1240. The normalized spacial score (nSPS) is 10.9. The number of carbonyl (C=O) groups excluding carboxylic acids is 2. The number of nitrogens with zero attached hydrogens (tertiary/aromatic N) is 2. The fourth-order valence-electron chi connectivity index (χ4n) is 3.67. The van der Waals surface area contributed by atoms with Crippen LogP contribution >= 0.6 is 11.3 Å². The lowest BCUT2D eigenvalue weighted by molar-refractivity contribution is -0.148. The van der Waals surface area contributed by atoms with Crippen LogP contribution in [0.3, 0.4) is 0 Å². The molecule has 0 aliphatic rings. The van der Waals surface area contributed by atoms with Crippen molar-refractivity contribution in [3.05, 3.63) is 99.9 Å². The van der Waals surface area contributed by atoms with Crippen molar-refractivity contribution in [2.24, 2.45) is 0 Å². The van der Waals surface area contributed by atoms with Crippen LogP contribution in [-0.4, -0.2) is 34.8 Å². The van der Waals surface area contributed by atoms with Crippen LogP contribution in [0.1, 0.15) is 29.9 Å². The summed E-state index contributed by atoms with van der Waals surface area (Å²) in [5.41, 5.74) is 2.34. The predicted molar refractivity (Wildman–Crippen MR) is 132 cm³/mol. The zero-order chi connectivity index (χ0) is 24.5. The molecule has 4 rings (SSSR count). The first-order valence-electron chi connectivity index (χ1n) is 11.2. The molecule has 2 heterocycles. The Labute approximate surface area is 206 Å². The van der Waals surface area contributed by atoms with Gasteiger partial charge in [-0.05, 0) is 29.0 Å². The van der Waals surface area contributed by atoms with Gasteiger partial charge in [0.2, 0.25) is 0 Å². The van der Waals surface area contributed by atoms with Crippen molar-refractivity contribution in [1.29, 1.82) is 0 Å². The van der Waals surface area contributed by atoms with E-state index in [-0.39, 0.29) is 37.3 Å². The Hall–Kier alpha value is -3.98. The first-order valence-corrected chi connectivity index (χ1v) is 12.1. The van der Waals surface area contributed by atoms with E-state index < -0.39 is 11.7 Å². The van der Waals surface area contributed by atoms with Crippen LogP contribution in [0, 0.1) is 0 Å². The first kappa shape index (κ1) is 24.2. The third-order valence-electron chi connectivity index (χ3n) is 5.39. The molecule has 9 heteroatoms. The van der Waals surface area contributed by atoms with Crippen LogP contribution in [0.25, 0.3) is 10.8 Å². The number of esters is 1. The summed E-state index contributed by atoms with van der Waals surface area (Å²) in [4.78, 5) is 36.9. The number of amides is 1. The number of rotatable bonds is 11. The molecule has 0 saturated carbocycles. The van der Waals surface area contributed by atoms with E-state index in [0.29, 0.717) is 13.0 Å². The molecule has 35 heavy (non-hydrogen) atoms. The zero-order valence-corrected chi connectivity index (χ0v) is 19.8. The maximum atomic E-state index is 12.2. The van der Waals surface area contributed by atoms with Gasteiger partial charge in [-0.2, -0.15) is 4.68 Å². The minimum absolute atomic E-state index is 0.00396. The zero-order valence-electron chi connectivity index (χ0n) is 19.0. The van der Waals surface area contributed by atoms with E-state index in [0.717, 1.165) is 9.56 Å². The van der Waals surface area contributed by atoms with Crippen LogP contribution < -0.4 is 11.1 Å². The molecule has 2 aromatic heterocycles. The number of ether oxygens (including phenoxy) is 1. The number of aromatic nitrogens is 2. The van der Waals surface area contributed by atoms with E-state index in [9.17, 15) is 14.4 Å². The van der Waals surface area contributed by atoms with Gasteiger partial charge in [-0.25, -0.2) is 4.79 Å². The highest BCUT2D eigenvalue weighted by atomic mass is 32.1. The molecule has 0 aliphatic carbocycles. The SMILES string of the molecule is O=C(COC(=O)CCn1nc(-c2cccs2)oc1=O)NCCC(c1ccccc1)c1ccccc1. The van der Waals surface area contributed by atoms with Gasteiger partial charge < -0.3 is 14.5 Å².